The van der Waals surface area contributed by atoms with Crippen LogP contribution >= 0.6 is 27.3 Å². The van der Waals surface area contributed by atoms with Gasteiger partial charge >= 0.3 is 0 Å². The highest BCUT2D eigenvalue weighted by atomic mass is 79.9. The summed E-state index contributed by atoms with van der Waals surface area (Å²) < 4.78 is 6.05. The minimum atomic E-state index is -0.0253. The zero-order valence-electron chi connectivity index (χ0n) is 10.9. The molecule has 0 unspecified atom stereocenters. The van der Waals surface area contributed by atoms with Crippen LogP contribution in [0.3, 0.4) is 0 Å². The molecule has 7 heteroatoms. The SMILES string of the molecule is Cc1nc(Br)sc1C(=O)NCCCN1CCOCC1. The maximum atomic E-state index is 11.9. The molecule has 106 valence electrons. The maximum Gasteiger partial charge on any atom is 0.263 e. The number of ether oxygens (including phenoxy) is 1. The average Bonchev–Trinajstić information content (AvgIpc) is 2.75. The molecule has 0 radical (unpaired) electrons. The van der Waals surface area contributed by atoms with Gasteiger partial charge in [-0.3, -0.25) is 9.69 Å². The van der Waals surface area contributed by atoms with Crippen LogP contribution in [0.15, 0.2) is 3.92 Å². The third-order valence-electron chi connectivity index (χ3n) is 3.02. The highest BCUT2D eigenvalue weighted by Crippen LogP contribution is 2.22. The van der Waals surface area contributed by atoms with Gasteiger partial charge in [-0.15, -0.1) is 11.3 Å². The summed E-state index contributed by atoms with van der Waals surface area (Å²) in [6.07, 6.45) is 0.963. The smallest absolute Gasteiger partial charge is 0.263 e. The van der Waals surface area contributed by atoms with Crippen molar-refractivity contribution in [1.29, 1.82) is 0 Å². The Labute approximate surface area is 125 Å². The third-order valence-corrected chi connectivity index (χ3v) is 4.62. The van der Waals surface area contributed by atoms with Gasteiger partial charge < -0.3 is 10.1 Å². The van der Waals surface area contributed by atoms with E-state index in [-0.39, 0.29) is 5.91 Å². The van der Waals surface area contributed by atoms with E-state index in [9.17, 15) is 4.79 Å². The number of nitrogens with zero attached hydrogens (tertiary/aromatic N) is 2. The first-order valence-corrected chi connectivity index (χ1v) is 7.99. The molecule has 0 bridgehead atoms. The molecule has 1 aliphatic rings. The number of hydrogen-bond acceptors (Lipinski definition) is 5. The molecule has 0 aliphatic carbocycles. The summed E-state index contributed by atoms with van der Waals surface area (Å²) >= 11 is 4.67. The van der Waals surface area contributed by atoms with Gasteiger partial charge in [-0.25, -0.2) is 4.98 Å². The standard InChI is InChI=1S/C12H18BrN3O2S/c1-9-10(19-12(13)15-9)11(17)14-3-2-4-16-5-7-18-8-6-16/h2-8H2,1H3,(H,14,17). The second kappa shape index (κ2) is 7.33. The predicted octanol–water partition coefficient (Wildman–Crippen LogP) is 1.67. The number of hydrogen-bond donors (Lipinski definition) is 1. The van der Waals surface area contributed by atoms with Crippen LogP contribution in [0.4, 0.5) is 0 Å². The van der Waals surface area contributed by atoms with Crippen molar-refractivity contribution >= 4 is 33.2 Å². The molecule has 19 heavy (non-hydrogen) atoms. The summed E-state index contributed by atoms with van der Waals surface area (Å²) in [5.74, 6) is -0.0253. The Morgan fingerprint density at radius 3 is 2.89 bits per heavy atom. The van der Waals surface area contributed by atoms with Gasteiger partial charge in [-0.1, -0.05) is 0 Å². The predicted molar refractivity (Wildman–Crippen MR) is 78.8 cm³/mol. The fourth-order valence-corrected chi connectivity index (χ4v) is 3.44. The molecule has 1 aromatic rings. The second-order valence-corrected chi connectivity index (χ2v) is 6.72. The molecule has 1 aromatic heterocycles. The van der Waals surface area contributed by atoms with E-state index < -0.39 is 0 Å². The minimum absolute atomic E-state index is 0.0253. The molecule has 2 heterocycles. The molecule has 1 N–H and O–H groups in total. The van der Waals surface area contributed by atoms with E-state index in [4.69, 9.17) is 4.74 Å². The van der Waals surface area contributed by atoms with E-state index in [1.165, 1.54) is 11.3 Å². The normalized spacial score (nSPS) is 16.5. The maximum absolute atomic E-state index is 11.9. The number of thiazole rings is 1. The first-order valence-electron chi connectivity index (χ1n) is 6.38. The lowest BCUT2D eigenvalue weighted by atomic mass is 10.3. The van der Waals surface area contributed by atoms with Crippen LogP contribution in [0.1, 0.15) is 21.8 Å². The molecule has 0 spiro atoms. The first-order chi connectivity index (χ1) is 9.16. The lowest BCUT2D eigenvalue weighted by Crippen LogP contribution is -2.38. The number of aryl methyl sites for hydroxylation is 1. The van der Waals surface area contributed by atoms with E-state index in [0.29, 0.717) is 11.4 Å². The highest BCUT2D eigenvalue weighted by molar-refractivity contribution is 9.11. The van der Waals surface area contributed by atoms with Crippen molar-refractivity contribution in [2.75, 3.05) is 39.4 Å². The van der Waals surface area contributed by atoms with Crippen LogP contribution < -0.4 is 5.32 Å². The van der Waals surface area contributed by atoms with Crippen molar-refractivity contribution in [3.63, 3.8) is 0 Å². The largest absolute Gasteiger partial charge is 0.379 e. The minimum Gasteiger partial charge on any atom is -0.379 e. The summed E-state index contributed by atoms with van der Waals surface area (Å²) in [6, 6.07) is 0. The van der Waals surface area contributed by atoms with Crippen LogP contribution in [0, 0.1) is 6.92 Å². The van der Waals surface area contributed by atoms with Crippen LogP contribution in [-0.2, 0) is 4.74 Å². The zero-order valence-corrected chi connectivity index (χ0v) is 13.3. The Kier molecular flexibility index (Phi) is 5.75. The Hall–Kier alpha value is -0.500. The third kappa shape index (κ3) is 4.52. The quantitative estimate of drug-likeness (QED) is 0.823. The van der Waals surface area contributed by atoms with E-state index >= 15 is 0 Å². The average molecular weight is 348 g/mol. The van der Waals surface area contributed by atoms with Crippen molar-refractivity contribution < 1.29 is 9.53 Å². The summed E-state index contributed by atoms with van der Waals surface area (Å²) in [4.78, 5) is 19.2. The van der Waals surface area contributed by atoms with Crippen molar-refractivity contribution in [2.24, 2.45) is 0 Å². The molecule has 5 nitrogen and oxygen atoms in total. The zero-order chi connectivity index (χ0) is 13.7. The Morgan fingerprint density at radius 1 is 1.53 bits per heavy atom. The molecule has 1 saturated heterocycles. The van der Waals surface area contributed by atoms with Gasteiger partial charge in [0, 0.05) is 19.6 Å². The van der Waals surface area contributed by atoms with Gasteiger partial charge in [0.05, 0.1) is 18.9 Å². The van der Waals surface area contributed by atoms with Gasteiger partial charge in [0.25, 0.3) is 5.91 Å². The molecular weight excluding hydrogens is 330 g/mol. The fraction of sp³-hybridized carbons (Fsp3) is 0.667. The molecule has 1 aliphatic heterocycles. The van der Waals surface area contributed by atoms with E-state index in [1.807, 2.05) is 6.92 Å². The van der Waals surface area contributed by atoms with E-state index in [1.54, 1.807) is 0 Å². The first kappa shape index (κ1) is 14.9. The molecule has 0 saturated carbocycles. The highest BCUT2D eigenvalue weighted by Gasteiger charge is 2.14. The number of carbonyl (C=O) groups is 1. The second-order valence-electron chi connectivity index (χ2n) is 4.44. The van der Waals surface area contributed by atoms with Gasteiger partial charge in [0.15, 0.2) is 3.92 Å². The monoisotopic (exact) mass is 347 g/mol. The number of carbonyl (C=O) groups excluding carboxylic acids is 1. The number of rotatable bonds is 5. The van der Waals surface area contributed by atoms with Crippen LogP contribution in [0.25, 0.3) is 0 Å². The van der Waals surface area contributed by atoms with Crippen LogP contribution in [0.2, 0.25) is 0 Å². The van der Waals surface area contributed by atoms with Crippen LogP contribution in [0.5, 0.6) is 0 Å². The number of aromatic nitrogens is 1. The Morgan fingerprint density at radius 2 is 2.26 bits per heavy atom. The van der Waals surface area contributed by atoms with Crippen LogP contribution in [-0.4, -0.2) is 55.2 Å². The summed E-state index contributed by atoms with van der Waals surface area (Å²) in [5, 5.41) is 2.95. The summed E-state index contributed by atoms with van der Waals surface area (Å²) in [5.41, 5.74) is 0.780. The van der Waals surface area contributed by atoms with Gasteiger partial charge in [-0.05, 0) is 35.8 Å². The Balaban J connectivity index is 1.67. The summed E-state index contributed by atoms with van der Waals surface area (Å²) in [6.45, 7) is 7.19. The lowest BCUT2D eigenvalue weighted by Gasteiger charge is -2.26. The molecular formula is C12H18BrN3O2S. The molecule has 0 aromatic carbocycles. The molecule has 0 atom stereocenters. The number of morpholine rings is 1. The molecule has 2 rings (SSSR count). The van der Waals surface area contributed by atoms with Gasteiger partial charge in [-0.2, -0.15) is 0 Å². The number of nitrogens with one attached hydrogen (secondary N) is 1. The summed E-state index contributed by atoms with van der Waals surface area (Å²) in [7, 11) is 0. The van der Waals surface area contributed by atoms with Crippen molar-refractivity contribution in [2.45, 2.75) is 13.3 Å². The van der Waals surface area contributed by atoms with Gasteiger partial charge in [0.1, 0.15) is 4.88 Å². The van der Waals surface area contributed by atoms with Gasteiger partial charge in [0.2, 0.25) is 0 Å². The van der Waals surface area contributed by atoms with Crippen molar-refractivity contribution in [3.8, 4) is 0 Å². The van der Waals surface area contributed by atoms with E-state index in [2.05, 4.69) is 31.1 Å². The van der Waals surface area contributed by atoms with Crippen molar-refractivity contribution in [3.05, 3.63) is 14.5 Å². The molecule has 1 amide bonds. The molecule has 1 fully saturated rings. The topological polar surface area (TPSA) is 54.5 Å². The van der Waals surface area contributed by atoms with E-state index in [0.717, 1.165) is 48.9 Å². The van der Waals surface area contributed by atoms with Crippen molar-refractivity contribution in [1.82, 2.24) is 15.2 Å². The Bertz CT molecular complexity index is 433. The lowest BCUT2D eigenvalue weighted by molar-refractivity contribution is 0.0374. The number of halogens is 1. The number of amides is 1. The fourth-order valence-electron chi connectivity index (χ4n) is 1.98.